The van der Waals surface area contributed by atoms with E-state index in [1.54, 1.807) is 30.5 Å². The number of amides is 1. The van der Waals surface area contributed by atoms with Crippen LogP contribution in [0.1, 0.15) is 17.8 Å². The van der Waals surface area contributed by atoms with Crippen molar-refractivity contribution in [2.45, 2.75) is 25.3 Å². The lowest BCUT2D eigenvalue weighted by atomic mass is 10.1. The van der Waals surface area contributed by atoms with Crippen molar-refractivity contribution in [3.05, 3.63) is 60.2 Å². The van der Waals surface area contributed by atoms with E-state index in [0.29, 0.717) is 48.0 Å². The van der Waals surface area contributed by atoms with E-state index in [-0.39, 0.29) is 18.8 Å². The normalized spacial score (nSPS) is 15.0. The summed E-state index contributed by atoms with van der Waals surface area (Å²) in [5, 5.41) is 3.07. The molecule has 1 fully saturated rings. The fraction of sp³-hybridized carbons (Fsp3) is 0.320. The van der Waals surface area contributed by atoms with Crippen LogP contribution in [0.4, 0.5) is 38.1 Å². The minimum absolute atomic E-state index is 0.119. The molecule has 2 N–H and O–H groups in total. The lowest BCUT2D eigenvalue weighted by Crippen LogP contribution is -2.49. The van der Waals surface area contributed by atoms with Gasteiger partial charge < -0.3 is 15.2 Å². The average molecular weight is 564 g/mol. The Hall–Kier alpha value is -4.27. The van der Waals surface area contributed by atoms with Gasteiger partial charge in [0.05, 0.1) is 16.7 Å². The Bertz CT molecular complexity index is 1510. The van der Waals surface area contributed by atoms with E-state index >= 15 is 0 Å². The van der Waals surface area contributed by atoms with Gasteiger partial charge in [-0.3, -0.25) is 9.69 Å². The standard InChI is InChI=1S/C25H22F6N8O/c26-24(27,28)13-21(40)39-9-7-38(8-10-39)14-15-3-5-32-20(11-15)37-23-35-18-2-1-16(12-19(18)36-23)17-4-6-33-22(34-17)25(29,30)31/h1-6,11-12H,7-10,13-14H2,(H2,32,35,36,37). The van der Waals surface area contributed by atoms with E-state index in [4.69, 9.17) is 0 Å². The fourth-order valence-corrected chi connectivity index (χ4v) is 4.34. The van der Waals surface area contributed by atoms with Crippen molar-refractivity contribution >= 4 is 28.7 Å². The number of anilines is 2. The molecule has 1 amide bonds. The van der Waals surface area contributed by atoms with E-state index in [1.165, 1.54) is 11.0 Å². The molecular formula is C25H22F6N8O. The molecule has 3 aromatic heterocycles. The summed E-state index contributed by atoms with van der Waals surface area (Å²) in [6, 6.07) is 9.92. The maximum Gasteiger partial charge on any atom is 0.451 e. The first-order chi connectivity index (χ1) is 18.9. The van der Waals surface area contributed by atoms with E-state index in [0.717, 1.165) is 11.8 Å². The molecule has 1 aromatic carbocycles. The van der Waals surface area contributed by atoms with Crippen LogP contribution in [0.15, 0.2) is 48.8 Å². The highest BCUT2D eigenvalue weighted by Gasteiger charge is 2.35. The van der Waals surface area contributed by atoms with E-state index in [1.807, 2.05) is 11.0 Å². The summed E-state index contributed by atoms with van der Waals surface area (Å²) in [5.41, 5.74) is 2.62. The van der Waals surface area contributed by atoms with Gasteiger partial charge in [0.1, 0.15) is 12.2 Å². The van der Waals surface area contributed by atoms with Gasteiger partial charge in [-0.2, -0.15) is 26.3 Å². The van der Waals surface area contributed by atoms with Crippen LogP contribution in [-0.4, -0.2) is 73.0 Å². The highest BCUT2D eigenvalue weighted by atomic mass is 19.4. The monoisotopic (exact) mass is 564 g/mol. The number of imidazole rings is 1. The van der Waals surface area contributed by atoms with Crippen LogP contribution in [0, 0.1) is 0 Å². The molecule has 0 radical (unpaired) electrons. The number of aromatic nitrogens is 5. The van der Waals surface area contributed by atoms with Crippen molar-refractivity contribution in [1.82, 2.24) is 34.7 Å². The lowest BCUT2D eigenvalue weighted by Gasteiger charge is -2.35. The third kappa shape index (κ3) is 6.65. The summed E-state index contributed by atoms with van der Waals surface area (Å²) in [5.74, 6) is -1.28. The van der Waals surface area contributed by atoms with Crippen LogP contribution in [-0.2, 0) is 17.5 Å². The Labute approximate surface area is 223 Å². The number of aromatic amines is 1. The molecule has 0 unspecified atom stereocenters. The maximum atomic E-state index is 13.0. The fourth-order valence-electron chi connectivity index (χ4n) is 4.34. The van der Waals surface area contributed by atoms with Crippen molar-refractivity contribution in [3.63, 3.8) is 0 Å². The number of halogens is 6. The van der Waals surface area contributed by atoms with Gasteiger partial charge in [0.15, 0.2) is 0 Å². The van der Waals surface area contributed by atoms with Crippen molar-refractivity contribution in [3.8, 4) is 11.3 Å². The van der Waals surface area contributed by atoms with E-state index in [2.05, 4.69) is 30.2 Å². The minimum atomic E-state index is -4.66. The number of alkyl halides is 6. The Morgan fingerprint density at radius 2 is 1.68 bits per heavy atom. The minimum Gasteiger partial charge on any atom is -0.340 e. The van der Waals surface area contributed by atoms with Crippen molar-refractivity contribution in [1.29, 1.82) is 0 Å². The molecule has 5 rings (SSSR count). The second kappa shape index (κ2) is 10.7. The second-order valence-electron chi connectivity index (χ2n) is 9.20. The van der Waals surface area contributed by atoms with Gasteiger partial charge in [-0.1, -0.05) is 6.07 Å². The van der Waals surface area contributed by atoms with Gasteiger partial charge >= 0.3 is 12.4 Å². The maximum absolute atomic E-state index is 13.0. The largest absolute Gasteiger partial charge is 0.451 e. The zero-order valence-electron chi connectivity index (χ0n) is 20.7. The lowest BCUT2D eigenvalue weighted by molar-refractivity contribution is -0.162. The average Bonchev–Trinajstić information content (AvgIpc) is 3.29. The number of H-pyrrole nitrogens is 1. The van der Waals surface area contributed by atoms with Crippen molar-refractivity contribution in [2.24, 2.45) is 0 Å². The number of benzene rings is 1. The molecule has 1 aliphatic heterocycles. The molecule has 0 atom stereocenters. The quantitative estimate of drug-likeness (QED) is 0.325. The number of hydrogen-bond donors (Lipinski definition) is 2. The SMILES string of the molecule is O=C(CC(F)(F)F)N1CCN(Cc2ccnc(Nc3nc4ccc(-c5ccnc(C(F)(F)F)n5)cc4[nH]3)c2)CC1. The number of carbonyl (C=O) groups excluding carboxylic acids is 1. The molecule has 0 saturated carbocycles. The number of nitrogens with zero attached hydrogens (tertiary/aromatic N) is 6. The van der Waals surface area contributed by atoms with E-state index in [9.17, 15) is 31.1 Å². The summed E-state index contributed by atoms with van der Waals surface area (Å²) in [6.45, 7) is 1.84. The first-order valence-electron chi connectivity index (χ1n) is 12.1. The van der Waals surface area contributed by atoms with E-state index < -0.39 is 30.5 Å². The Morgan fingerprint density at radius 1 is 0.925 bits per heavy atom. The molecule has 1 saturated heterocycles. The summed E-state index contributed by atoms with van der Waals surface area (Å²) in [4.78, 5) is 33.8. The van der Waals surface area contributed by atoms with Crippen LogP contribution < -0.4 is 5.32 Å². The zero-order valence-corrected chi connectivity index (χ0v) is 20.7. The van der Waals surface area contributed by atoms with Gasteiger partial charge in [-0.25, -0.2) is 19.9 Å². The molecule has 4 heterocycles. The molecule has 1 aliphatic rings. The van der Waals surface area contributed by atoms with Crippen LogP contribution in [0.5, 0.6) is 0 Å². The topological polar surface area (TPSA) is 103 Å². The van der Waals surface area contributed by atoms with Gasteiger partial charge in [-0.15, -0.1) is 0 Å². The summed E-state index contributed by atoms with van der Waals surface area (Å²) >= 11 is 0. The predicted octanol–water partition coefficient (Wildman–Crippen LogP) is 4.77. The Kier molecular flexibility index (Phi) is 7.31. The van der Waals surface area contributed by atoms with Gasteiger partial charge in [0.25, 0.3) is 0 Å². The molecule has 15 heteroatoms. The van der Waals surface area contributed by atoms with Gasteiger partial charge in [0, 0.05) is 50.7 Å². The number of carbonyl (C=O) groups is 1. The first kappa shape index (κ1) is 27.3. The van der Waals surface area contributed by atoms with Gasteiger partial charge in [-0.05, 0) is 35.9 Å². The number of hydrogen-bond acceptors (Lipinski definition) is 7. The third-order valence-electron chi connectivity index (χ3n) is 6.24. The Morgan fingerprint density at radius 3 is 2.40 bits per heavy atom. The predicted molar refractivity (Wildman–Crippen MR) is 132 cm³/mol. The third-order valence-corrected chi connectivity index (χ3v) is 6.24. The summed E-state index contributed by atoms with van der Waals surface area (Å²) in [7, 11) is 0. The molecule has 0 spiro atoms. The highest BCUT2D eigenvalue weighted by molar-refractivity contribution is 5.83. The molecule has 9 nitrogen and oxygen atoms in total. The molecule has 0 bridgehead atoms. The van der Waals surface area contributed by atoms with Crippen LogP contribution in [0.2, 0.25) is 0 Å². The molecular weight excluding hydrogens is 542 g/mol. The van der Waals surface area contributed by atoms with Crippen LogP contribution in [0.3, 0.4) is 0 Å². The number of nitrogens with one attached hydrogen (secondary N) is 2. The first-order valence-corrected chi connectivity index (χ1v) is 12.1. The molecule has 210 valence electrons. The zero-order chi connectivity index (χ0) is 28.5. The van der Waals surface area contributed by atoms with Crippen LogP contribution in [0.25, 0.3) is 22.3 Å². The number of rotatable bonds is 6. The number of pyridine rings is 1. The van der Waals surface area contributed by atoms with Crippen molar-refractivity contribution in [2.75, 3.05) is 31.5 Å². The second-order valence-corrected chi connectivity index (χ2v) is 9.20. The Balaban J connectivity index is 1.23. The highest BCUT2D eigenvalue weighted by Crippen LogP contribution is 2.29. The van der Waals surface area contributed by atoms with Crippen LogP contribution >= 0.6 is 0 Å². The summed E-state index contributed by atoms with van der Waals surface area (Å²) < 4.78 is 76.5. The number of piperazine rings is 1. The summed E-state index contributed by atoms with van der Waals surface area (Å²) in [6.07, 6.45) is -7.96. The smallest absolute Gasteiger partial charge is 0.340 e. The molecule has 0 aliphatic carbocycles. The van der Waals surface area contributed by atoms with Gasteiger partial charge in [0.2, 0.25) is 17.7 Å². The molecule has 40 heavy (non-hydrogen) atoms. The molecule has 4 aromatic rings. The number of fused-ring (bicyclic) bond motifs is 1. The van der Waals surface area contributed by atoms with Crippen molar-refractivity contribution < 1.29 is 31.1 Å².